The minimum atomic E-state index is -1.22. The molecule has 0 aromatic heterocycles. The number of likely N-dealkylation sites (N-methyl/N-ethyl adjacent to an activating group) is 1. The highest BCUT2D eigenvalue weighted by Gasteiger charge is 2.34. The Balaban J connectivity index is 6.09. The van der Waals surface area contributed by atoms with Crippen molar-refractivity contribution in [2.75, 3.05) is 26.7 Å². The number of primary amides is 1. The fraction of sp³-hybridized carbons (Fsp3) is 0.796. The standard InChI is InChI=1S/C49H94N14O10/c1-27(2)24-37(47(71)55-30(7)40(53)64)63-46(70)36(20-14-17-23-52)60-49(73)39(26-29(5)6)61-42(66)32(9)56-41(65)31(8)58-45(69)35(19-13-16-22-51)59-48(72)38(25-28(3)4)62-43(67)33(10)57-44(68)34(54-11)18-12-15-21-50/h27-39,54H,12-26,50-52H2,1-11H3,(H2,53,64)(H,55,71)(H,56,65)(H,57,68)(H,58,69)(H,59,72)(H,60,73)(H,61,66)(H,62,67)(H,63,70)/t30-,31-,32-,33-,34-,35-,36-,37-,38-,39-/m0/s1. The molecule has 0 aromatic carbocycles. The Morgan fingerprint density at radius 2 is 0.548 bits per heavy atom. The van der Waals surface area contributed by atoms with Gasteiger partial charge in [0.15, 0.2) is 0 Å². The number of hydrogen-bond acceptors (Lipinski definition) is 14. The van der Waals surface area contributed by atoms with Crippen LogP contribution >= 0.6 is 0 Å². The van der Waals surface area contributed by atoms with Crippen LogP contribution in [0.25, 0.3) is 0 Å². The summed E-state index contributed by atoms with van der Waals surface area (Å²) in [6.45, 7) is 17.9. The van der Waals surface area contributed by atoms with E-state index in [1.165, 1.54) is 27.7 Å². The molecule has 10 atom stereocenters. The van der Waals surface area contributed by atoms with Crippen LogP contribution < -0.4 is 76.1 Å². The van der Waals surface area contributed by atoms with Gasteiger partial charge in [0.25, 0.3) is 0 Å². The van der Waals surface area contributed by atoms with Gasteiger partial charge in [-0.15, -0.1) is 0 Å². The third-order valence-corrected chi connectivity index (χ3v) is 11.8. The lowest BCUT2D eigenvalue weighted by Gasteiger charge is -2.28. The summed E-state index contributed by atoms with van der Waals surface area (Å²) in [4.78, 5) is 133. The van der Waals surface area contributed by atoms with Gasteiger partial charge in [0.1, 0.15) is 54.4 Å². The van der Waals surface area contributed by atoms with E-state index in [1.54, 1.807) is 7.05 Å². The summed E-state index contributed by atoms with van der Waals surface area (Å²) < 4.78 is 0. The van der Waals surface area contributed by atoms with Gasteiger partial charge in [0, 0.05) is 0 Å². The maximum Gasteiger partial charge on any atom is 0.243 e. The highest BCUT2D eigenvalue weighted by atomic mass is 16.2. The van der Waals surface area contributed by atoms with Crippen molar-refractivity contribution in [3.05, 3.63) is 0 Å². The predicted octanol–water partition coefficient (Wildman–Crippen LogP) is -1.97. The normalized spacial score (nSPS) is 15.5. The molecule has 0 bridgehead atoms. The highest BCUT2D eigenvalue weighted by molar-refractivity contribution is 5.98. The van der Waals surface area contributed by atoms with Crippen LogP contribution in [0.2, 0.25) is 0 Å². The first-order valence-corrected chi connectivity index (χ1v) is 26.0. The Morgan fingerprint density at radius 1 is 0.315 bits per heavy atom. The lowest BCUT2D eigenvalue weighted by Crippen LogP contribution is -2.60. The molecule has 24 heteroatoms. The molecule has 0 rings (SSSR count). The summed E-state index contributed by atoms with van der Waals surface area (Å²) in [6.07, 6.45) is 4.78. The third kappa shape index (κ3) is 28.0. The Kier molecular flexibility index (Phi) is 33.7. The second kappa shape index (κ2) is 36.5. The molecular formula is C49H94N14O10. The van der Waals surface area contributed by atoms with E-state index in [-0.39, 0.29) is 55.8 Å². The van der Waals surface area contributed by atoms with Crippen molar-refractivity contribution >= 4 is 59.1 Å². The molecule has 0 radical (unpaired) electrons. The van der Waals surface area contributed by atoms with Crippen LogP contribution in [0.4, 0.5) is 0 Å². The number of amides is 10. The monoisotopic (exact) mass is 1040 g/mol. The van der Waals surface area contributed by atoms with E-state index in [0.717, 1.165) is 6.42 Å². The number of rotatable bonds is 38. The van der Waals surface area contributed by atoms with E-state index in [9.17, 15) is 47.9 Å². The van der Waals surface area contributed by atoms with Crippen molar-refractivity contribution in [3.8, 4) is 0 Å². The largest absolute Gasteiger partial charge is 0.368 e. The van der Waals surface area contributed by atoms with Crippen molar-refractivity contribution in [3.63, 3.8) is 0 Å². The topological polar surface area (TPSA) is 395 Å². The van der Waals surface area contributed by atoms with Crippen LogP contribution in [0.1, 0.15) is 146 Å². The minimum absolute atomic E-state index is 0.0450. The summed E-state index contributed by atoms with van der Waals surface area (Å²) >= 11 is 0. The Morgan fingerprint density at radius 3 is 0.863 bits per heavy atom. The molecule has 0 aliphatic heterocycles. The van der Waals surface area contributed by atoms with E-state index < -0.39 is 114 Å². The van der Waals surface area contributed by atoms with Gasteiger partial charge in [0.2, 0.25) is 59.1 Å². The molecular weight excluding hydrogens is 945 g/mol. The number of nitrogens with one attached hydrogen (secondary N) is 10. The van der Waals surface area contributed by atoms with Gasteiger partial charge < -0.3 is 76.1 Å². The first kappa shape index (κ1) is 67.5. The quantitative estimate of drug-likeness (QED) is 0.0299. The smallest absolute Gasteiger partial charge is 0.243 e. The number of unbranched alkanes of at least 4 members (excludes halogenated alkanes) is 3. The summed E-state index contributed by atoms with van der Waals surface area (Å²) in [5, 5.41) is 26.8. The molecule has 0 aliphatic rings. The van der Waals surface area contributed by atoms with E-state index in [2.05, 4.69) is 53.2 Å². The summed E-state index contributed by atoms with van der Waals surface area (Å²) in [6, 6.07) is -10.6. The van der Waals surface area contributed by atoms with Gasteiger partial charge in [-0.25, -0.2) is 0 Å². The molecule has 0 unspecified atom stereocenters. The minimum Gasteiger partial charge on any atom is -0.368 e. The van der Waals surface area contributed by atoms with Gasteiger partial charge in [-0.3, -0.25) is 47.9 Å². The van der Waals surface area contributed by atoms with Gasteiger partial charge in [-0.1, -0.05) is 48.0 Å². The van der Waals surface area contributed by atoms with Crippen LogP contribution in [-0.2, 0) is 47.9 Å². The lowest BCUT2D eigenvalue weighted by atomic mass is 10.00. The van der Waals surface area contributed by atoms with Crippen LogP contribution in [0.15, 0.2) is 0 Å². The lowest BCUT2D eigenvalue weighted by molar-refractivity contribution is -0.136. The van der Waals surface area contributed by atoms with Crippen LogP contribution in [0.3, 0.4) is 0 Å². The second-order valence-electron chi connectivity index (χ2n) is 20.2. The summed E-state index contributed by atoms with van der Waals surface area (Å²) in [5.74, 6) is -6.79. The Labute approximate surface area is 433 Å². The molecule has 0 aliphatic carbocycles. The zero-order chi connectivity index (χ0) is 56.0. The van der Waals surface area contributed by atoms with Crippen molar-refractivity contribution in [2.45, 2.75) is 207 Å². The molecule has 0 aromatic rings. The van der Waals surface area contributed by atoms with E-state index in [1.807, 2.05) is 41.5 Å². The fourth-order valence-corrected chi connectivity index (χ4v) is 7.49. The van der Waals surface area contributed by atoms with E-state index in [4.69, 9.17) is 22.9 Å². The Hall–Kier alpha value is -5.46. The molecule has 10 amide bonds. The molecule has 0 heterocycles. The van der Waals surface area contributed by atoms with Crippen molar-refractivity contribution in [2.24, 2.45) is 40.7 Å². The zero-order valence-corrected chi connectivity index (χ0v) is 45.5. The Bertz CT molecular complexity index is 1770. The van der Waals surface area contributed by atoms with E-state index in [0.29, 0.717) is 58.2 Å². The van der Waals surface area contributed by atoms with Crippen molar-refractivity contribution in [1.82, 2.24) is 53.2 Å². The molecule has 0 saturated heterocycles. The average Bonchev–Trinajstić information content (AvgIpc) is 3.30. The van der Waals surface area contributed by atoms with E-state index >= 15 is 0 Å². The third-order valence-electron chi connectivity index (χ3n) is 11.8. The van der Waals surface area contributed by atoms with Crippen molar-refractivity contribution in [1.29, 1.82) is 0 Å². The van der Waals surface area contributed by atoms with Crippen LogP contribution in [-0.4, -0.2) is 146 Å². The maximum atomic E-state index is 13.9. The van der Waals surface area contributed by atoms with Crippen molar-refractivity contribution < 1.29 is 47.9 Å². The second-order valence-corrected chi connectivity index (χ2v) is 20.2. The molecule has 24 nitrogen and oxygen atoms in total. The molecule has 420 valence electrons. The molecule has 73 heavy (non-hydrogen) atoms. The molecule has 18 N–H and O–H groups in total. The first-order chi connectivity index (χ1) is 34.2. The number of nitrogens with two attached hydrogens (primary N) is 4. The SMILES string of the molecule is CN[C@@H](CCCCN)C(=O)N[C@@H](C)C(=O)N[C@@H](CC(C)C)C(=O)N[C@@H](CCCCN)C(=O)N[C@@H](C)C(=O)N[C@@H](C)C(=O)N[C@@H](CC(C)C)C(=O)N[C@@H](CCCCN)C(=O)N[C@@H](CC(C)C)C(=O)N[C@@H](C)C(N)=O. The van der Waals surface area contributed by atoms with Gasteiger partial charge >= 0.3 is 0 Å². The van der Waals surface area contributed by atoms with Crippen LogP contribution in [0.5, 0.6) is 0 Å². The fourth-order valence-electron chi connectivity index (χ4n) is 7.49. The maximum absolute atomic E-state index is 13.9. The van der Waals surface area contributed by atoms with Crippen LogP contribution in [0, 0.1) is 17.8 Å². The molecule has 0 spiro atoms. The van der Waals surface area contributed by atoms with Gasteiger partial charge in [-0.2, -0.15) is 0 Å². The summed E-state index contributed by atoms with van der Waals surface area (Å²) in [5.41, 5.74) is 22.3. The molecule has 0 fully saturated rings. The zero-order valence-electron chi connectivity index (χ0n) is 45.5. The predicted molar refractivity (Wildman–Crippen MR) is 279 cm³/mol. The number of hydrogen-bond donors (Lipinski definition) is 14. The highest BCUT2D eigenvalue weighted by Crippen LogP contribution is 2.12. The van der Waals surface area contributed by atoms with Gasteiger partial charge in [0.05, 0.1) is 6.04 Å². The number of carbonyl (C=O) groups is 10. The van der Waals surface area contributed by atoms with Gasteiger partial charge in [-0.05, 0) is 143 Å². The first-order valence-electron chi connectivity index (χ1n) is 26.0. The number of carbonyl (C=O) groups excluding carboxylic acids is 10. The molecule has 0 saturated carbocycles. The average molecular weight is 1040 g/mol. The summed E-state index contributed by atoms with van der Waals surface area (Å²) in [7, 11) is 1.64.